The maximum Gasteiger partial charge on any atom is 0.265 e. The molecule has 1 heterocycles. The molecule has 0 saturated carbocycles. The maximum absolute atomic E-state index is 11.7. The van der Waals surface area contributed by atoms with Crippen molar-refractivity contribution in [2.45, 2.75) is 13.0 Å². The van der Waals surface area contributed by atoms with Gasteiger partial charge in [-0.3, -0.25) is 4.79 Å². The molecule has 1 aromatic rings. The normalized spacial score (nSPS) is 14.5. The third kappa shape index (κ3) is 2.40. The molecule has 2 N–H and O–H groups in total. The molecule has 0 radical (unpaired) electrons. The molecule has 1 aliphatic rings. The SMILES string of the molecule is O=C1COc2ccc(CO)cc2N1CCCO. The molecule has 0 aromatic heterocycles. The number of hydrogen-bond donors (Lipinski definition) is 2. The molecule has 17 heavy (non-hydrogen) atoms. The first-order valence-corrected chi connectivity index (χ1v) is 5.54. The number of nitrogens with zero attached hydrogens (tertiary/aromatic N) is 1. The van der Waals surface area contributed by atoms with E-state index in [1.807, 2.05) is 0 Å². The molecule has 0 bridgehead atoms. The van der Waals surface area contributed by atoms with Gasteiger partial charge in [-0.05, 0) is 24.1 Å². The van der Waals surface area contributed by atoms with Crippen LogP contribution in [0.15, 0.2) is 18.2 Å². The first-order chi connectivity index (χ1) is 8.26. The maximum atomic E-state index is 11.7. The molecule has 5 nitrogen and oxygen atoms in total. The molecule has 0 fully saturated rings. The molecule has 5 heteroatoms. The first kappa shape index (κ1) is 11.9. The second-order valence-corrected chi connectivity index (χ2v) is 3.87. The van der Waals surface area contributed by atoms with Crippen LogP contribution in [0.4, 0.5) is 5.69 Å². The number of aliphatic hydroxyl groups excluding tert-OH is 2. The largest absolute Gasteiger partial charge is 0.482 e. The van der Waals surface area contributed by atoms with E-state index in [1.54, 1.807) is 23.1 Å². The van der Waals surface area contributed by atoms with Gasteiger partial charge in [0.25, 0.3) is 5.91 Å². The molecule has 1 aliphatic heterocycles. The predicted octanol–water partition coefficient (Wildman–Crippen LogP) is 0.287. The van der Waals surface area contributed by atoms with Gasteiger partial charge in [0, 0.05) is 13.2 Å². The second-order valence-electron chi connectivity index (χ2n) is 3.87. The summed E-state index contributed by atoms with van der Waals surface area (Å²) in [6.07, 6.45) is 0.522. The van der Waals surface area contributed by atoms with Crippen LogP contribution in [0.5, 0.6) is 5.75 Å². The minimum atomic E-state index is -0.124. The molecule has 0 saturated heterocycles. The summed E-state index contributed by atoms with van der Waals surface area (Å²) in [5, 5.41) is 17.9. The number of aliphatic hydroxyl groups is 2. The smallest absolute Gasteiger partial charge is 0.265 e. The number of hydrogen-bond acceptors (Lipinski definition) is 4. The van der Waals surface area contributed by atoms with Crippen LogP contribution in [-0.4, -0.2) is 35.9 Å². The monoisotopic (exact) mass is 237 g/mol. The van der Waals surface area contributed by atoms with Crippen LogP contribution in [0.2, 0.25) is 0 Å². The standard InChI is InChI=1S/C12H15NO4/c14-5-1-4-13-10-6-9(7-15)2-3-11(10)17-8-12(13)16/h2-3,6,14-15H,1,4-5,7-8H2. The van der Waals surface area contributed by atoms with Crippen molar-refractivity contribution in [3.63, 3.8) is 0 Å². The Labute approximate surface area is 99.2 Å². The number of fused-ring (bicyclic) bond motifs is 1. The number of carbonyl (C=O) groups is 1. The number of amides is 1. The average Bonchev–Trinajstić information content (AvgIpc) is 2.37. The second kappa shape index (κ2) is 5.16. The number of benzene rings is 1. The van der Waals surface area contributed by atoms with Crippen LogP contribution in [-0.2, 0) is 11.4 Å². The molecule has 0 atom stereocenters. The third-order valence-corrected chi connectivity index (χ3v) is 2.69. The van der Waals surface area contributed by atoms with Gasteiger partial charge in [-0.25, -0.2) is 0 Å². The molecule has 1 amide bonds. The fourth-order valence-electron chi connectivity index (χ4n) is 1.82. The van der Waals surface area contributed by atoms with Gasteiger partial charge in [0.2, 0.25) is 0 Å². The quantitative estimate of drug-likeness (QED) is 0.789. The average molecular weight is 237 g/mol. The zero-order chi connectivity index (χ0) is 12.3. The van der Waals surface area contributed by atoms with Crippen LogP contribution in [0.25, 0.3) is 0 Å². The van der Waals surface area contributed by atoms with Crippen molar-refractivity contribution >= 4 is 11.6 Å². The molecular weight excluding hydrogens is 222 g/mol. The van der Waals surface area contributed by atoms with Gasteiger partial charge in [-0.2, -0.15) is 0 Å². The highest BCUT2D eigenvalue weighted by atomic mass is 16.5. The highest BCUT2D eigenvalue weighted by Gasteiger charge is 2.25. The minimum absolute atomic E-state index is 0.0247. The topological polar surface area (TPSA) is 70.0 Å². The number of carbonyl (C=O) groups excluding carboxylic acids is 1. The van der Waals surface area contributed by atoms with Crippen molar-refractivity contribution in [3.05, 3.63) is 23.8 Å². The van der Waals surface area contributed by atoms with E-state index in [4.69, 9.17) is 14.9 Å². The zero-order valence-corrected chi connectivity index (χ0v) is 9.43. The summed E-state index contributed by atoms with van der Waals surface area (Å²) in [5.41, 5.74) is 1.40. The summed E-state index contributed by atoms with van der Waals surface area (Å²) in [5.74, 6) is 0.515. The van der Waals surface area contributed by atoms with E-state index in [0.717, 1.165) is 5.56 Å². The summed E-state index contributed by atoms with van der Waals surface area (Å²) < 4.78 is 5.31. The van der Waals surface area contributed by atoms with Crippen molar-refractivity contribution in [1.82, 2.24) is 0 Å². The van der Waals surface area contributed by atoms with Crippen LogP contribution >= 0.6 is 0 Å². The Morgan fingerprint density at radius 3 is 2.88 bits per heavy atom. The lowest BCUT2D eigenvalue weighted by Crippen LogP contribution is -2.39. The Bertz CT molecular complexity index is 419. The molecule has 92 valence electrons. The van der Waals surface area contributed by atoms with Gasteiger partial charge in [0.15, 0.2) is 6.61 Å². The molecule has 0 aliphatic carbocycles. The van der Waals surface area contributed by atoms with E-state index in [-0.39, 0.29) is 25.7 Å². The molecule has 0 spiro atoms. The van der Waals surface area contributed by atoms with Gasteiger partial charge in [0.05, 0.1) is 12.3 Å². The number of anilines is 1. The highest BCUT2D eigenvalue weighted by Crippen LogP contribution is 2.33. The summed E-state index contributed by atoms with van der Waals surface area (Å²) >= 11 is 0. The van der Waals surface area contributed by atoms with E-state index in [9.17, 15) is 4.79 Å². The lowest BCUT2D eigenvalue weighted by molar-refractivity contribution is -0.121. The minimum Gasteiger partial charge on any atom is -0.482 e. The Morgan fingerprint density at radius 1 is 1.35 bits per heavy atom. The van der Waals surface area contributed by atoms with Gasteiger partial charge in [-0.15, -0.1) is 0 Å². The van der Waals surface area contributed by atoms with Gasteiger partial charge in [0.1, 0.15) is 5.75 Å². The first-order valence-electron chi connectivity index (χ1n) is 5.54. The van der Waals surface area contributed by atoms with Crippen molar-refractivity contribution in [2.75, 3.05) is 24.7 Å². The van der Waals surface area contributed by atoms with E-state index in [2.05, 4.69) is 0 Å². The van der Waals surface area contributed by atoms with Crippen LogP contribution < -0.4 is 9.64 Å². The summed E-state index contributed by atoms with van der Waals surface area (Å²) in [6.45, 7) is 0.451. The van der Waals surface area contributed by atoms with Crippen molar-refractivity contribution in [1.29, 1.82) is 0 Å². The van der Waals surface area contributed by atoms with Crippen molar-refractivity contribution in [3.8, 4) is 5.75 Å². The lowest BCUT2D eigenvalue weighted by Gasteiger charge is -2.29. The number of ether oxygens (including phenoxy) is 1. The third-order valence-electron chi connectivity index (χ3n) is 2.69. The van der Waals surface area contributed by atoms with E-state index < -0.39 is 0 Å². The summed E-state index contributed by atoms with van der Waals surface area (Å²) in [4.78, 5) is 13.3. The Hall–Kier alpha value is -1.59. The summed E-state index contributed by atoms with van der Waals surface area (Å²) in [6, 6.07) is 5.25. The fraction of sp³-hybridized carbons (Fsp3) is 0.417. The Kier molecular flexibility index (Phi) is 3.61. The predicted molar refractivity (Wildman–Crippen MR) is 61.9 cm³/mol. The van der Waals surface area contributed by atoms with Crippen molar-refractivity contribution < 1.29 is 19.7 Å². The van der Waals surface area contributed by atoms with Crippen LogP contribution in [0.1, 0.15) is 12.0 Å². The molecule has 2 rings (SSSR count). The molecular formula is C12H15NO4. The Morgan fingerprint density at radius 2 is 2.18 bits per heavy atom. The fourth-order valence-corrected chi connectivity index (χ4v) is 1.82. The van der Waals surface area contributed by atoms with E-state index in [0.29, 0.717) is 24.4 Å². The zero-order valence-electron chi connectivity index (χ0n) is 9.43. The van der Waals surface area contributed by atoms with Crippen molar-refractivity contribution in [2.24, 2.45) is 0 Å². The Balaban J connectivity index is 2.31. The van der Waals surface area contributed by atoms with E-state index >= 15 is 0 Å². The summed E-state index contributed by atoms with van der Waals surface area (Å²) in [7, 11) is 0. The van der Waals surface area contributed by atoms with Gasteiger partial charge < -0.3 is 19.8 Å². The molecule has 1 aromatic carbocycles. The van der Waals surface area contributed by atoms with Crippen LogP contribution in [0.3, 0.4) is 0 Å². The lowest BCUT2D eigenvalue weighted by atomic mass is 10.1. The van der Waals surface area contributed by atoms with Gasteiger partial charge in [-0.1, -0.05) is 6.07 Å². The highest BCUT2D eigenvalue weighted by molar-refractivity contribution is 5.97. The van der Waals surface area contributed by atoms with Gasteiger partial charge >= 0.3 is 0 Å². The van der Waals surface area contributed by atoms with E-state index in [1.165, 1.54) is 0 Å². The molecule has 0 unspecified atom stereocenters. The number of rotatable bonds is 4. The van der Waals surface area contributed by atoms with Crippen LogP contribution in [0, 0.1) is 0 Å².